The molecule has 118 valence electrons. The number of carbonyl (C=O) groups excluding carboxylic acids is 2. The Hall–Kier alpha value is -1.46. The summed E-state index contributed by atoms with van der Waals surface area (Å²) in [5, 5.41) is 14.6. The molecule has 1 aliphatic rings. The molecule has 0 aliphatic heterocycles. The van der Waals surface area contributed by atoms with Crippen molar-refractivity contribution in [2.24, 2.45) is 11.8 Å². The topological polar surface area (TPSA) is 69.2 Å². The van der Waals surface area contributed by atoms with Crippen molar-refractivity contribution in [3.8, 4) is 0 Å². The minimum absolute atomic E-state index is 0.0222. The molecule has 0 saturated carbocycles. The summed E-state index contributed by atoms with van der Waals surface area (Å²) in [6.45, 7) is 8.32. The zero-order valence-electron chi connectivity index (χ0n) is 13.8. The van der Waals surface area contributed by atoms with Gasteiger partial charge in [-0.3, -0.25) is 9.59 Å². The number of hydrogen-bond donors (Lipinski definition) is 1. The first-order chi connectivity index (χ1) is 9.54. The van der Waals surface area contributed by atoms with E-state index in [0.717, 1.165) is 0 Å². The predicted octanol–water partition coefficient (Wildman–Crippen LogP) is 1.79. The summed E-state index contributed by atoms with van der Waals surface area (Å²) in [7, 11) is 3.09. The molecule has 0 atom stereocenters. The first-order valence-corrected chi connectivity index (χ1v) is 7.37. The Labute approximate surface area is 126 Å². The van der Waals surface area contributed by atoms with Gasteiger partial charge in [0.05, 0.1) is 32.9 Å². The summed E-state index contributed by atoms with van der Waals surface area (Å²) >= 11 is 0. The van der Waals surface area contributed by atoms with Gasteiger partial charge in [0, 0.05) is 11.1 Å². The maximum atomic E-state index is 12.5. The Morgan fingerprint density at radius 2 is 1.71 bits per heavy atom. The van der Waals surface area contributed by atoms with Crippen LogP contribution in [0.1, 0.15) is 27.7 Å². The van der Waals surface area contributed by atoms with E-state index in [4.69, 9.17) is 0 Å². The summed E-state index contributed by atoms with van der Waals surface area (Å²) < 4.78 is -0.438. The minimum atomic E-state index is -0.438. The van der Waals surface area contributed by atoms with Gasteiger partial charge < -0.3 is 15.2 Å². The number of carbonyl (C=O) groups is 2. The molecule has 5 nitrogen and oxygen atoms in total. The van der Waals surface area contributed by atoms with Gasteiger partial charge in [-0.1, -0.05) is 27.7 Å². The van der Waals surface area contributed by atoms with Crippen LogP contribution >= 0.6 is 0 Å². The van der Waals surface area contributed by atoms with E-state index in [-0.39, 0.29) is 23.4 Å². The molecule has 1 rings (SSSR count). The molecule has 0 unspecified atom stereocenters. The normalized spacial score (nSPS) is 16.9. The lowest BCUT2D eigenvalue weighted by Gasteiger charge is -2.34. The summed E-state index contributed by atoms with van der Waals surface area (Å²) in [4.78, 5) is 24.8. The van der Waals surface area contributed by atoms with Crippen molar-refractivity contribution in [3.63, 3.8) is 0 Å². The Balaban J connectivity index is 3.02. The zero-order chi connectivity index (χ0) is 16.4. The van der Waals surface area contributed by atoms with Gasteiger partial charge >= 0.3 is 0 Å². The number of rotatable bonds is 6. The number of likely N-dealkylation sites (N-methyl/N-ethyl adjacent to an activating group) is 1. The molecule has 0 aromatic carbocycles. The van der Waals surface area contributed by atoms with Crippen LogP contribution in [0.15, 0.2) is 22.9 Å². The van der Waals surface area contributed by atoms with Crippen LogP contribution in [0, 0.1) is 17.0 Å². The third kappa shape index (κ3) is 4.51. The maximum Gasteiger partial charge on any atom is 0.202 e. The van der Waals surface area contributed by atoms with Crippen LogP contribution < -0.4 is 5.32 Å². The SMILES string of the molecule is CC(C)C1=CC(=O)C(NCC[N+](C)(C)[O-])=C(C(C)C)C1=O. The van der Waals surface area contributed by atoms with Crippen molar-refractivity contribution in [1.29, 1.82) is 0 Å². The van der Waals surface area contributed by atoms with Crippen LogP contribution in [0.25, 0.3) is 0 Å². The van der Waals surface area contributed by atoms with Gasteiger partial charge in [-0.25, -0.2) is 0 Å². The first-order valence-electron chi connectivity index (χ1n) is 7.37. The van der Waals surface area contributed by atoms with Gasteiger partial charge in [-0.2, -0.15) is 0 Å². The standard InChI is InChI=1S/C16H26N2O3/c1-10(2)12-9-13(19)15(14(11(3)4)16(12)20)17-7-8-18(5,6)21/h9-11,17H,7-8H2,1-6H3. The summed E-state index contributed by atoms with van der Waals surface area (Å²) in [6, 6.07) is 0. The average Bonchev–Trinajstić information content (AvgIpc) is 2.30. The van der Waals surface area contributed by atoms with Crippen LogP contribution in [-0.2, 0) is 9.59 Å². The first kappa shape index (κ1) is 17.6. The third-order valence-corrected chi connectivity index (χ3v) is 3.46. The molecule has 0 spiro atoms. The number of quaternary nitrogens is 1. The van der Waals surface area contributed by atoms with E-state index in [1.165, 1.54) is 6.08 Å². The smallest absolute Gasteiger partial charge is 0.202 e. The van der Waals surface area contributed by atoms with E-state index in [9.17, 15) is 14.8 Å². The molecule has 0 radical (unpaired) electrons. The summed E-state index contributed by atoms with van der Waals surface area (Å²) in [5.74, 6) is -0.244. The Morgan fingerprint density at radius 3 is 2.14 bits per heavy atom. The third-order valence-electron chi connectivity index (χ3n) is 3.46. The molecule has 5 heteroatoms. The van der Waals surface area contributed by atoms with Gasteiger partial charge in [-0.05, 0) is 17.9 Å². The van der Waals surface area contributed by atoms with Crippen molar-refractivity contribution >= 4 is 11.6 Å². The van der Waals surface area contributed by atoms with E-state index >= 15 is 0 Å². The highest BCUT2D eigenvalue weighted by Gasteiger charge is 2.31. The number of nitrogens with zero attached hydrogens (tertiary/aromatic N) is 1. The van der Waals surface area contributed by atoms with Gasteiger partial charge in [0.2, 0.25) is 5.78 Å². The summed E-state index contributed by atoms with van der Waals surface area (Å²) in [6.07, 6.45) is 1.43. The fourth-order valence-electron chi connectivity index (χ4n) is 2.29. The number of allylic oxidation sites excluding steroid dienone is 3. The lowest BCUT2D eigenvalue weighted by Crippen LogP contribution is -2.40. The monoisotopic (exact) mass is 294 g/mol. The average molecular weight is 294 g/mol. The molecule has 0 amide bonds. The highest BCUT2D eigenvalue weighted by atomic mass is 16.5. The molecular weight excluding hydrogens is 268 g/mol. The number of Topliss-reactive ketones (excluding diaryl/α,β-unsaturated/α-hetero) is 1. The maximum absolute atomic E-state index is 12.5. The van der Waals surface area contributed by atoms with E-state index in [1.54, 1.807) is 14.1 Å². The lowest BCUT2D eigenvalue weighted by molar-refractivity contribution is -0.838. The second-order valence-corrected chi connectivity index (χ2v) is 6.62. The summed E-state index contributed by atoms with van der Waals surface area (Å²) in [5.41, 5.74) is 1.45. The molecule has 0 bridgehead atoms. The number of ketones is 2. The number of nitrogens with one attached hydrogen (secondary N) is 1. The molecule has 0 heterocycles. The zero-order valence-corrected chi connectivity index (χ0v) is 13.8. The lowest BCUT2D eigenvalue weighted by atomic mass is 9.82. The highest BCUT2D eigenvalue weighted by Crippen LogP contribution is 2.27. The minimum Gasteiger partial charge on any atom is -0.633 e. The Bertz CT molecular complexity index is 494. The van der Waals surface area contributed by atoms with Gasteiger partial charge in [0.15, 0.2) is 5.78 Å². The van der Waals surface area contributed by atoms with Gasteiger partial charge in [0.25, 0.3) is 0 Å². The van der Waals surface area contributed by atoms with E-state index in [2.05, 4.69) is 5.32 Å². The molecule has 0 aromatic rings. The largest absolute Gasteiger partial charge is 0.633 e. The van der Waals surface area contributed by atoms with Crippen molar-refractivity contribution in [3.05, 3.63) is 28.1 Å². The van der Waals surface area contributed by atoms with Gasteiger partial charge in [0.1, 0.15) is 0 Å². The van der Waals surface area contributed by atoms with Crippen molar-refractivity contribution < 1.29 is 14.2 Å². The van der Waals surface area contributed by atoms with Crippen molar-refractivity contribution in [2.45, 2.75) is 27.7 Å². The van der Waals surface area contributed by atoms with Crippen LogP contribution in [0.2, 0.25) is 0 Å². The quantitative estimate of drug-likeness (QED) is 0.461. The Morgan fingerprint density at radius 1 is 1.14 bits per heavy atom. The van der Waals surface area contributed by atoms with E-state index < -0.39 is 4.65 Å². The van der Waals surface area contributed by atoms with Crippen LogP contribution in [0.3, 0.4) is 0 Å². The van der Waals surface area contributed by atoms with Crippen molar-refractivity contribution in [1.82, 2.24) is 5.32 Å². The predicted molar refractivity (Wildman–Crippen MR) is 83.1 cm³/mol. The number of hydroxylamine groups is 3. The van der Waals surface area contributed by atoms with Crippen LogP contribution in [0.5, 0.6) is 0 Å². The second-order valence-electron chi connectivity index (χ2n) is 6.62. The van der Waals surface area contributed by atoms with E-state index in [0.29, 0.717) is 29.9 Å². The molecule has 1 N–H and O–H groups in total. The molecular formula is C16H26N2O3. The molecule has 1 aliphatic carbocycles. The molecule has 0 fully saturated rings. The van der Waals surface area contributed by atoms with Crippen LogP contribution in [0.4, 0.5) is 0 Å². The van der Waals surface area contributed by atoms with Crippen molar-refractivity contribution in [2.75, 3.05) is 27.2 Å². The molecule has 0 saturated heterocycles. The Kier molecular flexibility index (Phi) is 5.48. The van der Waals surface area contributed by atoms with Crippen LogP contribution in [-0.4, -0.2) is 43.4 Å². The fraction of sp³-hybridized carbons (Fsp3) is 0.625. The number of hydrogen-bond acceptors (Lipinski definition) is 4. The second kappa shape index (κ2) is 6.54. The molecule has 21 heavy (non-hydrogen) atoms. The van der Waals surface area contributed by atoms with Gasteiger partial charge in [-0.15, -0.1) is 0 Å². The van der Waals surface area contributed by atoms with E-state index in [1.807, 2.05) is 27.7 Å². The fourth-order valence-corrected chi connectivity index (χ4v) is 2.29. The molecule has 0 aromatic heterocycles. The highest BCUT2D eigenvalue weighted by molar-refractivity contribution is 6.22.